The summed E-state index contributed by atoms with van der Waals surface area (Å²) in [6, 6.07) is 14.0. The number of carbonyl (C=O) groups is 1. The van der Waals surface area contributed by atoms with Crippen molar-refractivity contribution in [3.63, 3.8) is 0 Å². The van der Waals surface area contributed by atoms with E-state index in [0.717, 1.165) is 11.3 Å². The van der Waals surface area contributed by atoms with Crippen LogP contribution in [0.1, 0.15) is 17.3 Å². The molecule has 3 N–H and O–H groups in total. The Hall–Kier alpha value is -2.20. The predicted molar refractivity (Wildman–Crippen MR) is 71.0 cm³/mol. The van der Waals surface area contributed by atoms with Crippen LogP contribution < -0.4 is 11.1 Å². The van der Waals surface area contributed by atoms with E-state index in [1.54, 1.807) is 6.07 Å². The fourth-order valence-corrected chi connectivity index (χ4v) is 1.63. The fourth-order valence-electron chi connectivity index (χ4n) is 1.63. The quantitative estimate of drug-likeness (QED) is 0.864. The van der Waals surface area contributed by atoms with Crippen LogP contribution >= 0.6 is 0 Å². The van der Waals surface area contributed by atoms with E-state index in [2.05, 4.69) is 10.3 Å². The summed E-state index contributed by atoms with van der Waals surface area (Å²) in [6.45, 7) is 1.87. The summed E-state index contributed by atoms with van der Waals surface area (Å²) < 4.78 is 0. The number of rotatable bonds is 3. The van der Waals surface area contributed by atoms with Crippen molar-refractivity contribution in [3.8, 4) is 0 Å². The van der Waals surface area contributed by atoms with E-state index >= 15 is 0 Å². The lowest BCUT2D eigenvalue weighted by molar-refractivity contribution is -0.117. The van der Waals surface area contributed by atoms with Crippen molar-refractivity contribution < 1.29 is 4.79 Å². The van der Waals surface area contributed by atoms with Gasteiger partial charge in [0.05, 0.1) is 0 Å². The molecular formula is C14H15N3O. The maximum Gasteiger partial charge on any atom is 0.247 e. The first-order valence-electron chi connectivity index (χ1n) is 5.72. The van der Waals surface area contributed by atoms with E-state index in [4.69, 9.17) is 5.73 Å². The lowest BCUT2D eigenvalue weighted by atomic mass is 10.1. The molecule has 1 aromatic carbocycles. The summed E-state index contributed by atoms with van der Waals surface area (Å²) in [4.78, 5) is 16.1. The Labute approximate surface area is 106 Å². The van der Waals surface area contributed by atoms with E-state index in [1.165, 1.54) is 0 Å². The van der Waals surface area contributed by atoms with Crippen LogP contribution in [0.5, 0.6) is 0 Å². The predicted octanol–water partition coefficient (Wildman–Crippen LogP) is 2.03. The van der Waals surface area contributed by atoms with E-state index in [0.29, 0.717) is 5.82 Å². The summed E-state index contributed by atoms with van der Waals surface area (Å²) in [6.07, 6.45) is 0. The zero-order valence-corrected chi connectivity index (χ0v) is 10.1. The molecule has 0 aliphatic carbocycles. The highest BCUT2D eigenvalue weighted by Gasteiger charge is 2.15. The maximum atomic E-state index is 11.9. The van der Waals surface area contributed by atoms with Crippen LogP contribution in [0.2, 0.25) is 0 Å². The average Bonchev–Trinajstić information content (AvgIpc) is 2.39. The normalized spacial score (nSPS) is 11.9. The number of hydrogen-bond donors (Lipinski definition) is 2. The Morgan fingerprint density at radius 2 is 1.89 bits per heavy atom. The lowest BCUT2D eigenvalue weighted by Crippen LogP contribution is -2.28. The van der Waals surface area contributed by atoms with Crippen molar-refractivity contribution in [1.29, 1.82) is 0 Å². The number of pyridine rings is 1. The molecule has 0 aliphatic heterocycles. The van der Waals surface area contributed by atoms with Gasteiger partial charge in [0.2, 0.25) is 5.91 Å². The number of benzene rings is 1. The SMILES string of the molecule is Cc1cccc(NC(=O)[C@H](N)c2ccccc2)n1. The van der Waals surface area contributed by atoms with Crippen LogP contribution in [-0.2, 0) is 4.79 Å². The van der Waals surface area contributed by atoms with Gasteiger partial charge in [-0.3, -0.25) is 4.79 Å². The van der Waals surface area contributed by atoms with Crippen LogP contribution in [0.4, 0.5) is 5.82 Å². The average molecular weight is 241 g/mol. The topological polar surface area (TPSA) is 68.0 Å². The Kier molecular flexibility index (Phi) is 3.69. The van der Waals surface area contributed by atoms with Crippen LogP contribution in [0.15, 0.2) is 48.5 Å². The number of nitrogens with zero attached hydrogens (tertiary/aromatic N) is 1. The smallest absolute Gasteiger partial charge is 0.247 e. The first-order valence-corrected chi connectivity index (χ1v) is 5.72. The van der Waals surface area contributed by atoms with E-state index in [1.807, 2.05) is 49.4 Å². The van der Waals surface area contributed by atoms with Gasteiger partial charge in [-0.05, 0) is 24.6 Å². The second kappa shape index (κ2) is 5.42. The zero-order chi connectivity index (χ0) is 13.0. The van der Waals surface area contributed by atoms with Gasteiger partial charge in [0.25, 0.3) is 0 Å². The molecule has 4 nitrogen and oxygen atoms in total. The zero-order valence-electron chi connectivity index (χ0n) is 10.1. The van der Waals surface area contributed by atoms with Gasteiger partial charge in [0.1, 0.15) is 11.9 Å². The number of aryl methyl sites for hydroxylation is 1. The second-order valence-electron chi connectivity index (χ2n) is 4.04. The van der Waals surface area contributed by atoms with Crippen LogP contribution in [0.25, 0.3) is 0 Å². The van der Waals surface area contributed by atoms with Gasteiger partial charge in [0, 0.05) is 5.69 Å². The Morgan fingerprint density at radius 3 is 2.56 bits per heavy atom. The molecule has 1 aromatic heterocycles. The number of amides is 1. The third-order valence-electron chi connectivity index (χ3n) is 2.58. The van der Waals surface area contributed by atoms with Gasteiger partial charge in [-0.2, -0.15) is 0 Å². The maximum absolute atomic E-state index is 11.9. The second-order valence-corrected chi connectivity index (χ2v) is 4.04. The molecule has 0 bridgehead atoms. The number of nitrogens with two attached hydrogens (primary N) is 1. The van der Waals surface area contributed by atoms with Gasteiger partial charge in [-0.15, -0.1) is 0 Å². The van der Waals surface area contributed by atoms with Gasteiger partial charge in [0.15, 0.2) is 0 Å². The van der Waals surface area contributed by atoms with E-state index < -0.39 is 6.04 Å². The van der Waals surface area contributed by atoms with Crippen LogP contribution in [0, 0.1) is 6.92 Å². The highest BCUT2D eigenvalue weighted by atomic mass is 16.2. The van der Waals surface area contributed by atoms with Gasteiger partial charge in [-0.1, -0.05) is 36.4 Å². The van der Waals surface area contributed by atoms with Crippen molar-refractivity contribution >= 4 is 11.7 Å². The summed E-state index contributed by atoms with van der Waals surface area (Å²) in [5.41, 5.74) is 7.51. The number of hydrogen-bond acceptors (Lipinski definition) is 3. The molecule has 0 spiro atoms. The molecular weight excluding hydrogens is 226 g/mol. The molecule has 0 unspecified atom stereocenters. The number of anilines is 1. The first-order chi connectivity index (χ1) is 8.66. The van der Waals surface area contributed by atoms with Gasteiger partial charge < -0.3 is 11.1 Å². The molecule has 0 radical (unpaired) electrons. The molecule has 1 amide bonds. The number of carbonyl (C=O) groups excluding carboxylic acids is 1. The monoisotopic (exact) mass is 241 g/mol. The van der Waals surface area contributed by atoms with Crippen molar-refractivity contribution in [3.05, 3.63) is 59.8 Å². The first kappa shape index (κ1) is 12.3. The van der Waals surface area contributed by atoms with Gasteiger partial charge >= 0.3 is 0 Å². The minimum absolute atomic E-state index is 0.265. The molecule has 2 rings (SSSR count). The van der Waals surface area contributed by atoms with Crippen molar-refractivity contribution in [2.45, 2.75) is 13.0 Å². The minimum Gasteiger partial charge on any atom is -0.316 e. The molecule has 4 heteroatoms. The lowest BCUT2D eigenvalue weighted by Gasteiger charge is -2.12. The highest BCUT2D eigenvalue weighted by Crippen LogP contribution is 2.12. The molecule has 2 aromatic rings. The summed E-state index contributed by atoms with van der Waals surface area (Å²) in [7, 11) is 0. The molecule has 0 fully saturated rings. The summed E-state index contributed by atoms with van der Waals surface area (Å²) >= 11 is 0. The molecule has 18 heavy (non-hydrogen) atoms. The third kappa shape index (κ3) is 2.93. The van der Waals surface area contributed by atoms with Crippen molar-refractivity contribution in [2.75, 3.05) is 5.32 Å². The third-order valence-corrected chi connectivity index (χ3v) is 2.58. The van der Waals surface area contributed by atoms with E-state index in [9.17, 15) is 4.79 Å². The number of nitrogens with one attached hydrogen (secondary N) is 1. The molecule has 1 heterocycles. The minimum atomic E-state index is -0.687. The standard InChI is InChI=1S/C14H15N3O/c1-10-6-5-9-12(16-10)17-14(18)13(15)11-7-3-2-4-8-11/h2-9,13H,15H2,1H3,(H,16,17,18)/t13-/m1/s1. The molecule has 1 atom stereocenters. The fraction of sp³-hybridized carbons (Fsp3) is 0.143. The highest BCUT2D eigenvalue weighted by molar-refractivity contribution is 5.94. The van der Waals surface area contributed by atoms with Crippen molar-refractivity contribution in [1.82, 2.24) is 4.98 Å². The van der Waals surface area contributed by atoms with Gasteiger partial charge in [-0.25, -0.2) is 4.98 Å². The van der Waals surface area contributed by atoms with E-state index in [-0.39, 0.29) is 5.91 Å². The Balaban J connectivity index is 2.09. The molecule has 0 saturated heterocycles. The Bertz CT molecular complexity index is 540. The summed E-state index contributed by atoms with van der Waals surface area (Å²) in [5, 5.41) is 2.71. The summed E-state index contributed by atoms with van der Waals surface area (Å²) in [5.74, 6) is 0.255. The van der Waals surface area contributed by atoms with Crippen LogP contribution in [0.3, 0.4) is 0 Å². The largest absolute Gasteiger partial charge is 0.316 e. The Morgan fingerprint density at radius 1 is 1.17 bits per heavy atom. The molecule has 92 valence electrons. The number of aromatic nitrogens is 1. The molecule has 0 aliphatic rings. The van der Waals surface area contributed by atoms with Crippen LogP contribution in [-0.4, -0.2) is 10.9 Å². The van der Waals surface area contributed by atoms with Crippen molar-refractivity contribution in [2.24, 2.45) is 5.73 Å². The molecule has 0 saturated carbocycles.